The van der Waals surface area contributed by atoms with Gasteiger partial charge < -0.3 is 4.90 Å². The van der Waals surface area contributed by atoms with E-state index in [4.69, 9.17) is 0 Å². The van der Waals surface area contributed by atoms with Crippen LogP contribution in [0.5, 0.6) is 0 Å². The molecule has 0 saturated carbocycles. The van der Waals surface area contributed by atoms with Gasteiger partial charge in [-0.2, -0.15) is 0 Å². The molecule has 1 aliphatic heterocycles. The number of carbonyl (C=O) groups excluding carboxylic acids is 1. The van der Waals surface area contributed by atoms with Crippen molar-refractivity contribution in [3.63, 3.8) is 0 Å². The zero-order valence-electron chi connectivity index (χ0n) is 12.1. The van der Waals surface area contributed by atoms with Crippen molar-refractivity contribution in [1.82, 2.24) is 0 Å². The number of anilines is 1. The van der Waals surface area contributed by atoms with Crippen molar-refractivity contribution in [3.8, 4) is 0 Å². The Hall–Kier alpha value is -2.16. The summed E-state index contributed by atoms with van der Waals surface area (Å²) in [6.45, 7) is 2.06. The van der Waals surface area contributed by atoms with Gasteiger partial charge in [0.15, 0.2) is 0 Å². The van der Waals surface area contributed by atoms with Crippen molar-refractivity contribution < 1.29 is 9.18 Å². The average Bonchev–Trinajstić information content (AvgIpc) is 2.82. The summed E-state index contributed by atoms with van der Waals surface area (Å²) in [5.41, 5.74) is 2.82. The minimum atomic E-state index is -0.236. The van der Waals surface area contributed by atoms with Gasteiger partial charge >= 0.3 is 0 Å². The highest BCUT2D eigenvalue weighted by atomic mass is 19.1. The summed E-state index contributed by atoms with van der Waals surface area (Å²) in [5, 5.41) is 0. The van der Waals surface area contributed by atoms with Crippen molar-refractivity contribution in [2.75, 3.05) is 4.90 Å². The Morgan fingerprint density at radius 1 is 1.19 bits per heavy atom. The smallest absolute Gasteiger partial charge is 0.227 e. The highest BCUT2D eigenvalue weighted by Gasteiger charge is 2.30. The molecule has 0 aliphatic carbocycles. The summed E-state index contributed by atoms with van der Waals surface area (Å²) in [7, 11) is 0. The number of rotatable bonds is 3. The number of aryl methyl sites for hydroxylation is 1. The van der Waals surface area contributed by atoms with Gasteiger partial charge in [-0.15, -0.1) is 0 Å². The molecule has 3 heteroatoms. The van der Waals surface area contributed by atoms with Gasteiger partial charge in [-0.05, 0) is 43.0 Å². The molecule has 1 atom stereocenters. The Kier molecular flexibility index (Phi) is 3.74. The number of hydrogen-bond acceptors (Lipinski definition) is 1. The maximum atomic E-state index is 13.6. The van der Waals surface area contributed by atoms with Crippen LogP contribution in [0.3, 0.4) is 0 Å². The van der Waals surface area contributed by atoms with Crippen LogP contribution in [-0.4, -0.2) is 11.9 Å². The van der Waals surface area contributed by atoms with E-state index in [9.17, 15) is 9.18 Å². The fraction of sp³-hybridized carbons (Fsp3) is 0.278. The molecule has 21 heavy (non-hydrogen) atoms. The maximum Gasteiger partial charge on any atom is 0.227 e. The number of para-hydroxylation sites is 1. The van der Waals surface area contributed by atoms with Crippen LogP contribution in [0.25, 0.3) is 0 Å². The lowest BCUT2D eigenvalue weighted by molar-refractivity contribution is -0.118. The minimum Gasteiger partial charge on any atom is -0.309 e. The van der Waals surface area contributed by atoms with E-state index in [1.807, 2.05) is 23.1 Å². The number of hydrogen-bond donors (Lipinski definition) is 0. The third-order valence-corrected chi connectivity index (χ3v) is 4.04. The fourth-order valence-electron chi connectivity index (χ4n) is 3.01. The number of carbonyl (C=O) groups is 1. The molecule has 2 nitrogen and oxygen atoms in total. The van der Waals surface area contributed by atoms with Crippen LogP contribution in [0.1, 0.15) is 24.5 Å². The number of amides is 1. The van der Waals surface area contributed by atoms with E-state index in [0.29, 0.717) is 18.4 Å². The zero-order valence-corrected chi connectivity index (χ0v) is 12.1. The van der Waals surface area contributed by atoms with Crippen molar-refractivity contribution >= 4 is 11.6 Å². The van der Waals surface area contributed by atoms with Gasteiger partial charge in [0.25, 0.3) is 0 Å². The average molecular weight is 283 g/mol. The van der Waals surface area contributed by atoms with Crippen LogP contribution >= 0.6 is 0 Å². The van der Waals surface area contributed by atoms with Crippen LogP contribution in [0.15, 0.2) is 48.5 Å². The molecule has 2 aromatic carbocycles. The predicted octanol–water partition coefficient (Wildman–Crippen LogP) is 3.74. The standard InChI is InChI=1S/C18H18FNO/c1-13-12-15-7-3-5-9-17(15)20(13)18(21)11-10-14-6-2-4-8-16(14)19/h2-9,13H,10-12H2,1H3. The molecular weight excluding hydrogens is 265 g/mol. The predicted molar refractivity (Wildman–Crippen MR) is 81.8 cm³/mol. The van der Waals surface area contributed by atoms with Gasteiger partial charge in [0.2, 0.25) is 5.91 Å². The first-order valence-corrected chi connectivity index (χ1v) is 7.30. The second-order valence-corrected chi connectivity index (χ2v) is 5.54. The van der Waals surface area contributed by atoms with E-state index in [0.717, 1.165) is 12.1 Å². The largest absolute Gasteiger partial charge is 0.309 e. The Balaban J connectivity index is 1.73. The van der Waals surface area contributed by atoms with E-state index in [1.165, 1.54) is 11.6 Å². The number of benzene rings is 2. The summed E-state index contributed by atoms with van der Waals surface area (Å²) < 4.78 is 13.6. The molecule has 2 aromatic rings. The number of nitrogens with zero attached hydrogens (tertiary/aromatic N) is 1. The van der Waals surface area contributed by atoms with E-state index in [-0.39, 0.29) is 17.8 Å². The fourth-order valence-corrected chi connectivity index (χ4v) is 3.01. The molecule has 0 fully saturated rings. The Morgan fingerprint density at radius 2 is 1.90 bits per heavy atom. The second-order valence-electron chi connectivity index (χ2n) is 5.54. The molecule has 108 valence electrons. The lowest BCUT2D eigenvalue weighted by Gasteiger charge is -2.22. The van der Waals surface area contributed by atoms with Gasteiger partial charge in [0, 0.05) is 18.2 Å². The SMILES string of the molecule is CC1Cc2ccccc2N1C(=O)CCc1ccccc1F. The zero-order chi connectivity index (χ0) is 14.8. The van der Waals surface area contributed by atoms with Gasteiger partial charge in [-0.25, -0.2) is 4.39 Å². The summed E-state index contributed by atoms with van der Waals surface area (Å²) in [5.74, 6) is -0.170. The van der Waals surface area contributed by atoms with Gasteiger partial charge in [0.1, 0.15) is 5.82 Å². The van der Waals surface area contributed by atoms with E-state index in [2.05, 4.69) is 13.0 Å². The highest BCUT2D eigenvalue weighted by Crippen LogP contribution is 2.32. The lowest BCUT2D eigenvalue weighted by atomic mass is 10.1. The molecule has 1 unspecified atom stereocenters. The number of fused-ring (bicyclic) bond motifs is 1. The molecule has 0 radical (unpaired) electrons. The van der Waals surface area contributed by atoms with Crippen molar-refractivity contribution in [1.29, 1.82) is 0 Å². The van der Waals surface area contributed by atoms with Crippen molar-refractivity contribution in [2.24, 2.45) is 0 Å². The first-order chi connectivity index (χ1) is 10.2. The van der Waals surface area contributed by atoms with Gasteiger partial charge in [-0.1, -0.05) is 36.4 Å². The van der Waals surface area contributed by atoms with Crippen LogP contribution < -0.4 is 4.90 Å². The van der Waals surface area contributed by atoms with Gasteiger partial charge in [-0.3, -0.25) is 4.79 Å². The van der Waals surface area contributed by atoms with Crippen LogP contribution in [0.4, 0.5) is 10.1 Å². The Morgan fingerprint density at radius 3 is 2.71 bits per heavy atom. The molecule has 1 heterocycles. The monoisotopic (exact) mass is 283 g/mol. The van der Waals surface area contributed by atoms with E-state index in [1.54, 1.807) is 18.2 Å². The molecule has 1 aliphatic rings. The highest BCUT2D eigenvalue weighted by molar-refractivity contribution is 5.96. The number of halogens is 1. The summed E-state index contributed by atoms with van der Waals surface area (Å²) in [4.78, 5) is 14.4. The van der Waals surface area contributed by atoms with E-state index >= 15 is 0 Å². The molecular formula is C18H18FNO. The summed E-state index contributed by atoms with van der Waals surface area (Å²) in [6.07, 6.45) is 1.66. The van der Waals surface area contributed by atoms with Crippen LogP contribution in [0, 0.1) is 5.82 Å². The van der Waals surface area contributed by atoms with E-state index < -0.39 is 0 Å². The minimum absolute atomic E-state index is 0.0655. The molecule has 0 aromatic heterocycles. The molecule has 0 spiro atoms. The first-order valence-electron chi connectivity index (χ1n) is 7.30. The quantitative estimate of drug-likeness (QED) is 0.840. The first kappa shape index (κ1) is 13.8. The molecule has 0 saturated heterocycles. The lowest BCUT2D eigenvalue weighted by Crippen LogP contribution is -2.35. The molecule has 0 N–H and O–H groups in total. The topological polar surface area (TPSA) is 20.3 Å². The normalized spacial score (nSPS) is 16.9. The third-order valence-electron chi connectivity index (χ3n) is 4.04. The van der Waals surface area contributed by atoms with Crippen LogP contribution in [-0.2, 0) is 17.6 Å². The van der Waals surface area contributed by atoms with Crippen molar-refractivity contribution in [2.45, 2.75) is 32.2 Å². The Labute approximate surface area is 124 Å². The molecule has 0 bridgehead atoms. The summed E-state index contributed by atoms with van der Waals surface area (Å²) >= 11 is 0. The van der Waals surface area contributed by atoms with Crippen LogP contribution in [0.2, 0.25) is 0 Å². The molecule has 3 rings (SSSR count). The maximum absolute atomic E-state index is 13.6. The van der Waals surface area contributed by atoms with Crippen molar-refractivity contribution in [3.05, 3.63) is 65.5 Å². The molecule has 1 amide bonds. The Bertz CT molecular complexity index is 668. The van der Waals surface area contributed by atoms with Gasteiger partial charge in [0.05, 0.1) is 0 Å². The summed E-state index contributed by atoms with van der Waals surface area (Å²) in [6, 6.07) is 14.8. The second kappa shape index (κ2) is 5.68. The third kappa shape index (κ3) is 2.68.